The Bertz CT molecular complexity index is 374. The number of nitrogens with two attached hydrogens (primary N) is 1. The number of carbonyl (C=O) groups excluding carboxylic acids is 1. The van der Waals surface area contributed by atoms with Crippen molar-refractivity contribution >= 4 is 11.6 Å². The van der Waals surface area contributed by atoms with Crippen LogP contribution in [-0.4, -0.2) is 17.4 Å². The standard InChI is InChI=1S/C11H14N2O/c1-2-6-13-7-9-8(11(13)14)4-3-5-10(9)12/h3-5H,2,6-7,12H2,1H3. The predicted molar refractivity (Wildman–Crippen MR) is 55.9 cm³/mol. The van der Waals surface area contributed by atoms with Crippen LogP contribution in [0.15, 0.2) is 18.2 Å². The van der Waals surface area contributed by atoms with Gasteiger partial charge in [0, 0.05) is 29.9 Å². The van der Waals surface area contributed by atoms with Crippen molar-refractivity contribution in [3.63, 3.8) is 0 Å². The van der Waals surface area contributed by atoms with E-state index in [4.69, 9.17) is 5.73 Å². The highest BCUT2D eigenvalue weighted by Gasteiger charge is 2.27. The first-order chi connectivity index (χ1) is 6.74. The molecule has 0 unspecified atom stereocenters. The zero-order valence-electron chi connectivity index (χ0n) is 8.29. The maximum Gasteiger partial charge on any atom is 0.254 e. The van der Waals surface area contributed by atoms with Crippen molar-refractivity contribution in [1.29, 1.82) is 0 Å². The summed E-state index contributed by atoms with van der Waals surface area (Å²) in [5.74, 6) is 0.120. The smallest absolute Gasteiger partial charge is 0.254 e. The normalized spacial score (nSPS) is 14.6. The second kappa shape index (κ2) is 3.33. The molecule has 1 amide bonds. The SMILES string of the molecule is CCCN1Cc2c(N)cccc2C1=O. The zero-order chi connectivity index (χ0) is 10.1. The maximum atomic E-state index is 11.8. The largest absolute Gasteiger partial charge is 0.398 e. The van der Waals surface area contributed by atoms with Gasteiger partial charge in [-0.1, -0.05) is 13.0 Å². The van der Waals surface area contributed by atoms with E-state index in [1.165, 1.54) is 0 Å². The third kappa shape index (κ3) is 1.25. The highest BCUT2D eigenvalue weighted by atomic mass is 16.2. The van der Waals surface area contributed by atoms with Crippen LogP contribution in [0.4, 0.5) is 5.69 Å². The molecule has 1 aromatic carbocycles. The van der Waals surface area contributed by atoms with Gasteiger partial charge in [0.2, 0.25) is 0 Å². The van der Waals surface area contributed by atoms with E-state index in [1.54, 1.807) is 0 Å². The molecule has 3 heteroatoms. The molecular weight excluding hydrogens is 176 g/mol. The molecule has 1 aliphatic heterocycles. The lowest BCUT2D eigenvalue weighted by Crippen LogP contribution is -2.24. The molecule has 0 radical (unpaired) electrons. The molecule has 0 aliphatic carbocycles. The van der Waals surface area contributed by atoms with Gasteiger partial charge in [0.25, 0.3) is 5.91 Å². The Morgan fingerprint density at radius 2 is 2.29 bits per heavy atom. The minimum atomic E-state index is 0.120. The summed E-state index contributed by atoms with van der Waals surface area (Å²) in [7, 11) is 0. The molecule has 2 N–H and O–H groups in total. The van der Waals surface area contributed by atoms with Crippen molar-refractivity contribution < 1.29 is 4.79 Å². The van der Waals surface area contributed by atoms with Gasteiger partial charge >= 0.3 is 0 Å². The molecule has 1 aromatic rings. The topological polar surface area (TPSA) is 46.3 Å². The van der Waals surface area contributed by atoms with E-state index in [2.05, 4.69) is 6.92 Å². The van der Waals surface area contributed by atoms with Gasteiger partial charge in [-0.05, 0) is 18.6 Å². The molecule has 3 nitrogen and oxygen atoms in total. The quantitative estimate of drug-likeness (QED) is 0.720. The van der Waals surface area contributed by atoms with Crippen molar-refractivity contribution in [1.82, 2.24) is 4.90 Å². The van der Waals surface area contributed by atoms with Gasteiger partial charge in [-0.3, -0.25) is 4.79 Å². The summed E-state index contributed by atoms with van der Waals surface area (Å²) in [6.45, 7) is 3.56. The number of rotatable bonds is 2. The fourth-order valence-electron chi connectivity index (χ4n) is 1.87. The number of benzene rings is 1. The van der Waals surface area contributed by atoms with Crippen molar-refractivity contribution in [2.24, 2.45) is 0 Å². The van der Waals surface area contributed by atoms with E-state index in [-0.39, 0.29) is 5.91 Å². The van der Waals surface area contributed by atoms with E-state index in [0.29, 0.717) is 6.54 Å². The van der Waals surface area contributed by atoms with Crippen LogP contribution in [0.2, 0.25) is 0 Å². The van der Waals surface area contributed by atoms with Crippen molar-refractivity contribution in [2.75, 3.05) is 12.3 Å². The summed E-state index contributed by atoms with van der Waals surface area (Å²) >= 11 is 0. The monoisotopic (exact) mass is 190 g/mol. The number of hydrogen-bond acceptors (Lipinski definition) is 2. The van der Waals surface area contributed by atoms with Crippen LogP contribution in [0.1, 0.15) is 29.3 Å². The van der Waals surface area contributed by atoms with Gasteiger partial charge in [0.1, 0.15) is 0 Å². The minimum absolute atomic E-state index is 0.120. The van der Waals surface area contributed by atoms with Crippen LogP contribution in [-0.2, 0) is 6.54 Å². The molecule has 1 aliphatic rings. The first kappa shape index (κ1) is 9.06. The first-order valence-corrected chi connectivity index (χ1v) is 4.90. The van der Waals surface area contributed by atoms with Gasteiger partial charge in [-0.15, -0.1) is 0 Å². The van der Waals surface area contributed by atoms with Gasteiger partial charge in [0.15, 0.2) is 0 Å². The Kier molecular flexibility index (Phi) is 2.15. The van der Waals surface area contributed by atoms with Crippen LogP contribution < -0.4 is 5.73 Å². The van der Waals surface area contributed by atoms with E-state index < -0.39 is 0 Å². The van der Waals surface area contributed by atoms with Gasteiger partial charge in [-0.25, -0.2) is 0 Å². The molecule has 0 saturated carbocycles. The number of anilines is 1. The molecular formula is C11H14N2O. The third-order valence-electron chi connectivity index (χ3n) is 2.57. The van der Waals surface area contributed by atoms with Crippen molar-refractivity contribution in [3.05, 3.63) is 29.3 Å². The third-order valence-corrected chi connectivity index (χ3v) is 2.57. The Hall–Kier alpha value is -1.51. The number of amides is 1. The fraction of sp³-hybridized carbons (Fsp3) is 0.364. The lowest BCUT2D eigenvalue weighted by molar-refractivity contribution is 0.0778. The second-order valence-corrected chi connectivity index (χ2v) is 3.60. The molecule has 0 aromatic heterocycles. The van der Waals surface area contributed by atoms with Crippen LogP contribution in [0.25, 0.3) is 0 Å². The summed E-state index contributed by atoms with van der Waals surface area (Å²) in [5.41, 5.74) is 8.31. The molecule has 14 heavy (non-hydrogen) atoms. The average Bonchev–Trinajstić information content (AvgIpc) is 2.48. The van der Waals surface area contributed by atoms with Gasteiger partial charge < -0.3 is 10.6 Å². The highest BCUT2D eigenvalue weighted by Crippen LogP contribution is 2.27. The van der Waals surface area contributed by atoms with Crippen LogP contribution in [0.5, 0.6) is 0 Å². The summed E-state index contributed by atoms with van der Waals surface area (Å²) < 4.78 is 0. The summed E-state index contributed by atoms with van der Waals surface area (Å²) in [6.07, 6.45) is 0.986. The lowest BCUT2D eigenvalue weighted by atomic mass is 10.1. The Morgan fingerprint density at radius 1 is 1.50 bits per heavy atom. The van der Waals surface area contributed by atoms with E-state index in [9.17, 15) is 4.79 Å². The highest BCUT2D eigenvalue weighted by molar-refractivity contribution is 5.99. The molecule has 0 spiro atoms. The fourth-order valence-corrected chi connectivity index (χ4v) is 1.87. The van der Waals surface area contributed by atoms with Crippen LogP contribution >= 0.6 is 0 Å². The molecule has 0 saturated heterocycles. The summed E-state index contributed by atoms with van der Waals surface area (Å²) in [6, 6.07) is 5.53. The Balaban J connectivity index is 2.35. The summed E-state index contributed by atoms with van der Waals surface area (Å²) in [5, 5.41) is 0. The molecule has 74 valence electrons. The number of nitrogen functional groups attached to an aromatic ring is 1. The van der Waals surface area contributed by atoms with E-state index in [0.717, 1.165) is 29.8 Å². The zero-order valence-corrected chi connectivity index (χ0v) is 8.29. The Labute approximate surface area is 83.5 Å². The predicted octanol–water partition coefficient (Wildman–Crippen LogP) is 1.63. The van der Waals surface area contributed by atoms with Crippen molar-refractivity contribution in [2.45, 2.75) is 19.9 Å². The lowest BCUT2D eigenvalue weighted by Gasteiger charge is -2.13. The number of fused-ring (bicyclic) bond motifs is 1. The Morgan fingerprint density at radius 3 is 2.93 bits per heavy atom. The molecule has 0 fully saturated rings. The van der Waals surface area contributed by atoms with E-state index in [1.807, 2.05) is 23.1 Å². The van der Waals surface area contributed by atoms with Gasteiger partial charge in [0.05, 0.1) is 0 Å². The molecule has 0 bridgehead atoms. The number of carbonyl (C=O) groups is 1. The molecule has 1 heterocycles. The molecule has 0 atom stereocenters. The van der Waals surface area contributed by atoms with Crippen LogP contribution in [0.3, 0.4) is 0 Å². The maximum absolute atomic E-state index is 11.8. The second-order valence-electron chi connectivity index (χ2n) is 3.60. The number of nitrogens with zero attached hydrogens (tertiary/aromatic N) is 1. The minimum Gasteiger partial charge on any atom is -0.398 e. The van der Waals surface area contributed by atoms with Crippen LogP contribution in [0, 0.1) is 0 Å². The first-order valence-electron chi connectivity index (χ1n) is 4.90. The number of hydrogen-bond donors (Lipinski definition) is 1. The van der Waals surface area contributed by atoms with Gasteiger partial charge in [-0.2, -0.15) is 0 Å². The average molecular weight is 190 g/mol. The molecule has 2 rings (SSSR count). The summed E-state index contributed by atoms with van der Waals surface area (Å²) in [4.78, 5) is 13.7. The van der Waals surface area contributed by atoms with Crippen molar-refractivity contribution in [3.8, 4) is 0 Å². The van der Waals surface area contributed by atoms with E-state index >= 15 is 0 Å².